The number of hydrogen-bond acceptors (Lipinski definition) is 8. The average Bonchev–Trinajstić information content (AvgIpc) is 3.84. The Labute approximate surface area is 301 Å². The van der Waals surface area contributed by atoms with Crippen molar-refractivity contribution in [1.82, 2.24) is 5.32 Å². The Kier molecular flexibility index (Phi) is 15.6. The van der Waals surface area contributed by atoms with Gasteiger partial charge in [0.1, 0.15) is 17.7 Å². The van der Waals surface area contributed by atoms with Gasteiger partial charge in [0, 0.05) is 0 Å². The van der Waals surface area contributed by atoms with Crippen LogP contribution in [-0.2, 0) is 46.8 Å². The number of aliphatic hydroxyl groups is 1. The zero-order valence-electron chi connectivity index (χ0n) is 27.9. The first-order valence-corrected chi connectivity index (χ1v) is 16.6. The van der Waals surface area contributed by atoms with Crippen LogP contribution in [0.15, 0.2) is 66.7 Å². The van der Waals surface area contributed by atoms with Gasteiger partial charge in [-0.3, -0.25) is 0 Å². The van der Waals surface area contributed by atoms with Crippen molar-refractivity contribution in [2.24, 2.45) is 11.8 Å². The zero-order valence-corrected chi connectivity index (χ0v) is 30.4. The first-order chi connectivity index (χ1) is 23.3. The van der Waals surface area contributed by atoms with Gasteiger partial charge in [-0.25, -0.2) is 9.18 Å². The second kappa shape index (κ2) is 19.8. The molecule has 3 aliphatic heterocycles. The van der Waals surface area contributed by atoms with Crippen molar-refractivity contribution in [3.63, 3.8) is 0 Å². The maximum Gasteiger partial charge on any atom is 2.00 e. The topological polar surface area (TPSA) is 119 Å². The number of fused-ring (bicyclic) bond motifs is 2. The van der Waals surface area contributed by atoms with E-state index in [1.165, 1.54) is 12.1 Å². The van der Waals surface area contributed by atoms with Crippen LogP contribution in [0.5, 0.6) is 17.2 Å². The third kappa shape index (κ3) is 12.2. The fourth-order valence-electron chi connectivity index (χ4n) is 5.63. The summed E-state index contributed by atoms with van der Waals surface area (Å²) in [5.74, 6) is 2.54. The Morgan fingerprint density at radius 1 is 1.04 bits per heavy atom. The summed E-state index contributed by atoms with van der Waals surface area (Å²) in [5, 5.41) is 18.2. The van der Waals surface area contributed by atoms with Crippen molar-refractivity contribution in [2.45, 2.75) is 64.1 Å². The molecule has 0 bridgehead atoms. The Morgan fingerprint density at radius 3 is 2.55 bits per heavy atom. The number of rotatable bonds is 14. The van der Waals surface area contributed by atoms with Crippen LogP contribution in [0, 0.1) is 23.7 Å². The van der Waals surface area contributed by atoms with Crippen LogP contribution in [0.4, 0.5) is 9.18 Å². The van der Waals surface area contributed by atoms with E-state index in [4.69, 9.17) is 28.4 Å². The number of carbonyl (C=O) groups excluding carboxylic acids is 1. The van der Waals surface area contributed by atoms with E-state index >= 15 is 0 Å². The molecule has 3 heterocycles. The minimum atomic E-state index is -0.860. The first kappa shape index (κ1) is 38.5. The van der Waals surface area contributed by atoms with E-state index in [-0.39, 0.29) is 50.5 Å². The van der Waals surface area contributed by atoms with Crippen molar-refractivity contribution in [3.8, 4) is 17.2 Å². The van der Waals surface area contributed by atoms with Crippen LogP contribution in [0.3, 0.4) is 0 Å². The quantitative estimate of drug-likeness (QED) is 0.154. The SMILES string of the molecule is CC(C)C[N-]C[C@@H](O)[C@H](Cc1ccc(OCCCc2ccc(F)cc2)cc1)NC(=O)O[C@H]1COC2OCCC21.[Os+2].[c-]1ccc2c(c1)OCO2. The summed E-state index contributed by atoms with van der Waals surface area (Å²) in [6.45, 7) is 6.80. The Balaban J connectivity index is 0.000000463. The van der Waals surface area contributed by atoms with E-state index in [9.17, 15) is 14.3 Å². The molecule has 2 unspecified atom stereocenters. The van der Waals surface area contributed by atoms with Crippen LogP contribution >= 0.6 is 0 Å². The van der Waals surface area contributed by atoms with Crippen molar-refractivity contribution in [1.29, 1.82) is 0 Å². The monoisotopic (exact) mass is 856 g/mol. The standard InChI is InChI=1S/C30H40FN2O6.C7H5O2.Os/c1-20(2)17-32-18-27(34)26(33-30(35)39-28-19-38-29-25(28)13-15-37-29)16-22-7-11-24(12-8-22)36-14-3-4-21-5-9-23(31)10-6-21;1-2-4-7-6(3-1)8-5-9-7;/h5-12,20,25-29,34H,3-4,13-19H2,1-2H3,(H,33,35);1,3-4H,5H2;/q2*-1;+2/t25?,26-,27+,28-,29?;;/m0../s1. The second-order valence-electron chi connectivity index (χ2n) is 12.5. The molecule has 49 heavy (non-hydrogen) atoms. The van der Waals surface area contributed by atoms with Gasteiger partial charge in [0.05, 0.1) is 49.4 Å². The Hall–Kier alpha value is -3.26. The second-order valence-corrected chi connectivity index (χ2v) is 12.5. The van der Waals surface area contributed by atoms with E-state index < -0.39 is 18.2 Å². The minimum Gasteiger partial charge on any atom is -0.660 e. The molecule has 3 aliphatic rings. The van der Waals surface area contributed by atoms with Crippen LogP contribution < -0.4 is 19.5 Å². The molecule has 2 saturated heterocycles. The third-order valence-corrected chi connectivity index (χ3v) is 8.21. The molecule has 3 aromatic rings. The van der Waals surface area contributed by atoms with Gasteiger partial charge in [-0.15, -0.1) is 25.2 Å². The smallest absolute Gasteiger partial charge is 0.660 e. The summed E-state index contributed by atoms with van der Waals surface area (Å²) in [7, 11) is 0. The van der Waals surface area contributed by atoms with E-state index in [0.717, 1.165) is 47.6 Å². The molecule has 0 spiro atoms. The van der Waals surface area contributed by atoms with Gasteiger partial charge in [0.15, 0.2) is 6.29 Å². The molecule has 3 aromatic carbocycles. The van der Waals surface area contributed by atoms with E-state index in [1.54, 1.807) is 24.3 Å². The Morgan fingerprint density at radius 2 is 1.80 bits per heavy atom. The van der Waals surface area contributed by atoms with Gasteiger partial charge in [0.25, 0.3) is 0 Å². The maximum absolute atomic E-state index is 13.0. The van der Waals surface area contributed by atoms with Gasteiger partial charge >= 0.3 is 25.9 Å². The number of ether oxygens (including phenoxy) is 6. The summed E-state index contributed by atoms with van der Waals surface area (Å²) < 4.78 is 45.7. The normalized spacial score (nSPS) is 20.0. The molecule has 0 aromatic heterocycles. The summed E-state index contributed by atoms with van der Waals surface area (Å²) in [5.41, 5.74) is 2.01. The molecule has 1 amide bonds. The molecule has 10 nitrogen and oxygen atoms in total. The Bertz CT molecular complexity index is 1390. The van der Waals surface area contributed by atoms with Gasteiger partial charge in [-0.05, 0) is 61.1 Å². The number of nitrogens with zero attached hydrogens (tertiary/aromatic N) is 1. The van der Waals surface area contributed by atoms with E-state index in [1.807, 2.05) is 30.3 Å². The van der Waals surface area contributed by atoms with Crippen LogP contribution in [0.1, 0.15) is 37.8 Å². The van der Waals surface area contributed by atoms with Crippen molar-refractivity contribution in [3.05, 3.63) is 95.1 Å². The fourth-order valence-corrected chi connectivity index (χ4v) is 5.63. The number of benzene rings is 3. The summed E-state index contributed by atoms with van der Waals surface area (Å²) in [6.07, 6.45) is 0.725. The zero-order chi connectivity index (χ0) is 33.7. The molecule has 0 aliphatic carbocycles. The van der Waals surface area contributed by atoms with Gasteiger partial charge in [0.2, 0.25) is 6.79 Å². The number of hydrogen-bond donors (Lipinski definition) is 2. The largest absolute Gasteiger partial charge is 2.00 e. The van der Waals surface area contributed by atoms with E-state index in [2.05, 4.69) is 30.5 Å². The van der Waals surface area contributed by atoms with Gasteiger partial charge in [-0.2, -0.15) is 12.1 Å². The molecular weight excluding hydrogens is 810 g/mol. The molecular formula is C37H45FN2O8Os. The number of nitrogens with one attached hydrogen (secondary N) is 1. The van der Waals surface area contributed by atoms with Crippen LogP contribution in [0.25, 0.3) is 5.32 Å². The van der Waals surface area contributed by atoms with E-state index in [0.29, 0.717) is 45.5 Å². The number of alkyl carbamates (subject to hydrolysis) is 1. The molecule has 12 heteroatoms. The first-order valence-electron chi connectivity index (χ1n) is 16.6. The summed E-state index contributed by atoms with van der Waals surface area (Å²) in [6, 6.07) is 21.8. The average molecular weight is 855 g/mol. The molecule has 5 atom stereocenters. The van der Waals surface area contributed by atoms with Gasteiger partial charge < -0.3 is 44.2 Å². The minimum absolute atomic E-state index is 0. The van der Waals surface area contributed by atoms with Crippen molar-refractivity contribution >= 4 is 6.09 Å². The number of halogens is 1. The number of aryl methyl sites for hydroxylation is 1. The van der Waals surface area contributed by atoms with Crippen molar-refractivity contribution in [2.75, 3.05) is 39.7 Å². The number of carbonyl (C=O) groups is 1. The third-order valence-electron chi connectivity index (χ3n) is 8.21. The summed E-state index contributed by atoms with van der Waals surface area (Å²) in [4.78, 5) is 12.8. The number of aliphatic hydroxyl groups excluding tert-OH is 1. The molecule has 2 fully saturated rings. The molecule has 6 rings (SSSR count). The van der Waals surface area contributed by atoms with Crippen LogP contribution in [0.2, 0.25) is 0 Å². The predicted molar refractivity (Wildman–Crippen MR) is 177 cm³/mol. The molecule has 0 saturated carbocycles. The fraction of sp³-hybridized carbons (Fsp3) is 0.486. The molecule has 0 radical (unpaired) electrons. The van der Waals surface area contributed by atoms with Crippen molar-refractivity contribution < 1.29 is 62.5 Å². The molecule has 266 valence electrons. The van der Waals surface area contributed by atoms with Gasteiger partial charge in [-0.1, -0.05) is 44.0 Å². The molecule has 2 N–H and O–H groups in total. The number of amides is 1. The summed E-state index contributed by atoms with van der Waals surface area (Å²) >= 11 is 0. The maximum atomic E-state index is 13.0. The van der Waals surface area contributed by atoms with Crippen LogP contribution in [-0.4, -0.2) is 75.4 Å². The predicted octanol–water partition coefficient (Wildman–Crippen LogP) is 5.84.